The largest absolute Gasteiger partial charge is 0.481 e. The van der Waals surface area contributed by atoms with Crippen LogP contribution in [0.1, 0.15) is 33.6 Å². The molecule has 0 aliphatic heterocycles. The van der Waals surface area contributed by atoms with Crippen molar-refractivity contribution in [2.24, 2.45) is 17.6 Å². The first kappa shape index (κ1) is 14.9. The average Bonchev–Trinajstić information content (AvgIpc) is 2.09. The molecule has 0 rings (SSSR count). The van der Waals surface area contributed by atoms with Gasteiger partial charge < -0.3 is 16.2 Å². The van der Waals surface area contributed by atoms with E-state index >= 15 is 0 Å². The van der Waals surface area contributed by atoms with Gasteiger partial charge in [-0.3, -0.25) is 9.59 Å². The van der Waals surface area contributed by atoms with Crippen molar-refractivity contribution in [2.75, 3.05) is 6.54 Å². The highest BCUT2D eigenvalue weighted by molar-refractivity contribution is 5.77. The summed E-state index contributed by atoms with van der Waals surface area (Å²) in [5.74, 6) is -1.27. The lowest BCUT2D eigenvalue weighted by Gasteiger charge is -2.15. The van der Waals surface area contributed by atoms with E-state index in [0.717, 1.165) is 0 Å². The van der Waals surface area contributed by atoms with Gasteiger partial charge in [-0.1, -0.05) is 13.8 Å². The first-order valence-corrected chi connectivity index (χ1v) is 5.58. The number of carboxylic acid groups (broad SMARTS) is 1. The van der Waals surface area contributed by atoms with Gasteiger partial charge in [-0.15, -0.1) is 0 Å². The van der Waals surface area contributed by atoms with Gasteiger partial charge in [-0.2, -0.15) is 0 Å². The highest BCUT2D eigenvalue weighted by Crippen LogP contribution is 2.11. The van der Waals surface area contributed by atoms with Crippen molar-refractivity contribution in [3.63, 3.8) is 0 Å². The number of amides is 1. The Morgan fingerprint density at radius 1 is 1.31 bits per heavy atom. The highest BCUT2D eigenvalue weighted by atomic mass is 16.4. The van der Waals surface area contributed by atoms with Crippen molar-refractivity contribution >= 4 is 11.9 Å². The molecule has 0 aromatic rings. The molecule has 0 saturated heterocycles. The molecule has 4 N–H and O–H groups in total. The number of hydrogen-bond acceptors (Lipinski definition) is 3. The number of nitrogens with two attached hydrogens (primary N) is 1. The Morgan fingerprint density at radius 2 is 1.88 bits per heavy atom. The molecule has 0 radical (unpaired) electrons. The second-order valence-electron chi connectivity index (χ2n) is 4.65. The van der Waals surface area contributed by atoms with Crippen LogP contribution in [0.4, 0.5) is 0 Å². The summed E-state index contributed by atoms with van der Waals surface area (Å²) < 4.78 is 0. The predicted molar refractivity (Wildman–Crippen MR) is 61.9 cm³/mol. The first-order chi connectivity index (χ1) is 7.32. The van der Waals surface area contributed by atoms with E-state index in [1.54, 1.807) is 6.92 Å². The third kappa shape index (κ3) is 7.23. The molecule has 2 atom stereocenters. The Bertz CT molecular complexity index is 239. The van der Waals surface area contributed by atoms with Crippen LogP contribution in [0.3, 0.4) is 0 Å². The van der Waals surface area contributed by atoms with Gasteiger partial charge in [0.2, 0.25) is 5.91 Å². The molecule has 5 nitrogen and oxygen atoms in total. The summed E-state index contributed by atoms with van der Waals surface area (Å²) in [6.45, 7) is 5.83. The second kappa shape index (κ2) is 7.22. The number of carboxylic acids is 1. The molecule has 0 saturated carbocycles. The molecule has 0 fully saturated rings. The molecule has 0 aliphatic carbocycles. The average molecular weight is 230 g/mol. The maximum Gasteiger partial charge on any atom is 0.308 e. The fraction of sp³-hybridized carbons (Fsp3) is 0.818. The van der Waals surface area contributed by atoms with Gasteiger partial charge in [0.05, 0.1) is 5.92 Å². The fourth-order valence-electron chi connectivity index (χ4n) is 1.44. The molecule has 0 spiro atoms. The van der Waals surface area contributed by atoms with Crippen LogP contribution in [0.2, 0.25) is 0 Å². The summed E-state index contributed by atoms with van der Waals surface area (Å²) in [6, 6.07) is -0.201. The number of hydrogen-bond donors (Lipinski definition) is 3. The molecule has 0 aliphatic rings. The lowest BCUT2D eigenvalue weighted by molar-refractivity contribution is -0.142. The summed E-state index contributed by atoms with van der Waals surface area (Å²) in [7, 11) is 0. The minimum atomic E-state index is -0.866. The molecule has 0 aromatic heterocycles. The maximum absolute atomic E-state index is 11.3. The van der Waals surface area contributed by atoms with Gasteiger partial charge in [0, 0.05) is 19.0 Å². The Hall–Kier alpha value is -1.10. The standard InChI is InChI=1S/C11H22N2O3/c1-7(2)4-9(11(15)16)6-13-10(14)5-8(3)12/h7-9H,4-6,12H2,1-3H3,(H,13,14)(H,15,16). The van der Waals surface area contributed by atoms with E-state index in [1.807, 2.05) is 13.8 Å². The molecule has 5 heteroatoms. The molecule has 0 heterocycles. The number of rotatable bonds is 7. The topological polar surface area (TPSA) is 92.4 Å². The predicted octanol–water partition coefficient (Wildman–Crippen LogP) is 0.587. The lowest BCUT2D eigenvalue weighted by Crippen LogP contribution is -2.36. The van der Waals surface area contributed by atoms with Gasteiger partial charge in [0.25, 0.3) is 0 Å². The second-order valence-corrected chi connectivity index (χ2v) is 4.65. The van der Waals surface area contributed by atoms with Gasteiger partial charge in [-0.25, -0.2) is 0 Å². The molecular formula is C11H22N2O3. The van der Waals surface area contributed by atoms with Crippen LogP contribution >= 0.6 is 0 Å². The van der Waals surface area contributed by atoms with E-state index in [2.05, 4.69) is 5.32 Å². The van der Waals surface area contributed by atoms with E-state index in [9.17, 15) is 9.59 Å². The van der Waals surface area contributed by atoms with Crippen LogP contribution < -0.4 is 11.1 Å². The molecule has 94 valence electrons. The van der Waals surface area contributed by atoms with Crippen LogP contribution in [0, 0.1) is 11.8 Å². The van der Waals surface area contributed by atoms with E-state index in [-0.39, 0.29) is 24.9 Å². The zero-order chi connectivity index (χ0) is 12.7. The van der Waals surface area contributed by atoms with Gasteiger partial charge >= 0.3 is 5.97 Å². The third-order valence-corrected chi connectivity index (χ3v) is 2.16. The molecule has 1 amide bonds. The number of aliphatic carboxylic acids is 1. The summed E-state index contributed by atoms with van der Waals surface area (Å²) in [5, 5.41) is 11.5. The lowest BCUT2D eigenvalue weighted by atomic mass is 9.97. The van der Waals surface area contributed by atoms with Crippen molar-refractivity contribution in [1.82, 2.24) is 5.32 Å². The van der Waals surface area contributed by atoms with Crippen molar-refractivity contribution in [2.45, 2.75) is 39.7 Å². The minimum Gasteiger partial charge on any atom is -0.481 e. The third-order valence-electron chi connectivity index (χ3n) is 2.16. The smallest absolute Gasteiger partial charge is 0.308 e. The number of nitrogens with one attached hydrogen (secondary N) is 1. The summed E-state index contributed by atoms with van der Waals surface area (Å²) in [5.41, 5.74) is 5.46. The van der Waals surface area contributed by atoms with Crippen molar-refractivity contribution in [3.8, 4) is 0 Å². The van der Waals surface area contributed by atoms with Crippen LogP contribution in [-0.2, 0) is 9.59 Å². The van der Waals surface area contributed by atoms with Crippen molar-refractivity contribution in [3.05, 3.63) is 0 Å². The van der Waals surface area contributed by atoms with Gasteiger partial charge in [0.15, 0.2) is 0 Å². The Labute approximate surface area is 96.4 Å². The Morgan fingerprint density at radius 3 is 2.25 bits per heavy atom. The quantitative estimate of drug-likeness (QED) is 0.596. The molecule has 16 heavy (non-hydrogen) atoms. The Balaban J connectivity index is 4.02. The van der Waals surface area contributed by atoms with E-state index < -0.39 is 11.9 Å². The van der Waals surface area contributed by atoms with E-state index in [0.29, 0.717) is 12.3 Å². The van der Waals surface area contributed by atoms with Gasteiger partial charge in [0.1, 0.15) is 0 Å². The van der Waals surface area contributed by atoms with Crippen molar-refractivity contribution in [1.29, 1.82) is 0 Å². The first-order valence-electron chi connectivity index (χ1n) is 5.58. The minimum absolute atomic E-state index is 0.180. The fourth-order valence-corrected chi connectivity index (χ4v) is 1.44. The zero-order valence-electron chi connectivity index (χ0n) is 10.2. The van der Waals surface area contributed by atoms with Crippen LogP contribution in [-0.4, -0.2) is 29.6 Å². The summed E-state index contributed by atoms with van der Waals surface area (Å²) in [6.07, 6.45) is 0.793. The number of carbonyl (C=O) groups excluding carboxylic acids is 1. The SMILES string of the molecule is CC(C)CC(CNC(=O)CC(C)N)C(=O)O. The van der Waals surface area contributed by atoms with Crippen LogP contribution in [0.5, 0.6) is 0 Å². The normalized spacial score (nSPS) is 14.6. The Kier molecular flexibility index (Phi) is 6.72. The van der Waals surface area contributed by atoms with E-state index in [1.165, 1.54) is 0 Å². The number of carbonyl (C=O) groups is 2. The van der Waals surface area contributed by atoms with Crippen LogP contribution in [0.25, 0.3) is 0 Å². The highest BCUT2D eigenvalue weighted by Gasteiger charge is 2.19. The molecule has 0 aromatic carbocycles. The van der Waals surface area contributed by atoms with Crippen LogP contribution in [0.15, 0.2) is 0 Å². The van der Waals surface area contributed by atoms with Gasteiger partial charge in [-0.05, 0) is 19.3 Å². The summed E-state index contributed by atoms with van der Waals surface area (Å²) >= 11 is 0. The monoisotopic (exact) mass is 230 g/mol. The van der Waals surface area contributed by atoms with E-state index in [4.69, 9.17) is 10.8 Å². The van der Waals surface area contributed by atoms with Crippen molar-refractivity contribution < 1.29 is 14.7 Å². The summed E-state index contributed by atoms with van der Waals surface area (Å²) in [4.78, 5) is 22.2. The molecule has 0 bridgehead atoms. The zero-order valence-corrected chi connectivity index (χ0v) is 10.2. The maximum atomic E-state index is 11.3. The molecule has 2 unspecified atom stereocenters. The molecular weight excluding hydrogens is 208 g/mol.